The summed E-state index contributed by atoms with van der Waals surface area (Å²) >= 11 is 0. The van der Waals surface area contributed by atoms with Gasteiger partial charge in [-0.15, -0.1) is 0 Å². The van der Waals surface area contributed by atoms with Crippen LogP contribution in [0, 0.1) is 27.7 Å². The van der Waals surface area contributed by atoms with Crippen LogP contribution in [0.3, 0.4) is 0 Å². The Bertz CT molecular complexity index is 454. The van der Waals surface area contributed by atoms with Crippen molar-refractivity contribution in [3.05, 3.63) is 40.0 Å². The zero-order chi connectivity index (χ0) is 14.5. The maximum atomic E-state index is 3.45. The van der Waals surface area contributed by atoms with Gasteiger partial charge in [-0.25, -0.2) is 0 Å². The molecule has 110 valence electrons. The van der Waals surface area contributed by atoms with Gasteiger partial charge in [0.1, 0.15) is 0 Å². The van der Waals surface area contributed by atoms with Crippen molar-refractivity contribution in [1.29, 1.82) is 0 Å². The molecule has 1 aromatic carbocycles. The van der Waals surface area contributed by atoms with Gasteiger partial charge in [-0.2, -0.15) is 0 Å². The van der Waals surface area contributed by atoms with Crippen molar-refractivity contribution < 1.29 is 0 Å². The normalized spacial score (nSPS) is 17.6. The highest BCUT2D eigenvalue weighted by molar-refractivity contribution is 5.61. The molecule has 1 aromatic rings. The van der Waals surface area contributed by atoms with Gasteiger partial charge < -0.3 is 5.32 Å². The molecule has 20 heavy (non-hydrogen) atoms. The molecule has 0 bridgehead atoms. The van der Waals surface area contributed by atoms with Gasteiger partial charge in [-0.3, -0.25) is 4.90 Å². The third kappa shape index (κ3) is 3.71. The fourth-order valence-corrected chi connectivity index (χ4v) is 2.90. The summed E-state index contributed by atoms with van der Waals surface area (Å²) in [5, 5.41) is 3.45. The second kappa shape index (κ2) is 7.05. The number of benzene rings is 1. The third-order valence-corrected chi connectivity index (χ3v) is 4.50. The van der Waals surface area contributed by atoms with E-state index in [9.17, 15) is 0 Å². The van der Waals surface area contributed by atoms with Crippen molar-refractivity contribution in [1.82, 2.24) is 10.2 Å². The lowest BCUT2D eigenvalue weighted by atomic mass is 9.94. The second-order valence-corrected chi connectivity index (χ2v) is 5.98. The molecule has 0 saturated carbocycles. The summed E-state index contributed by atoms with van der Waals surface area (Å²) < 4.78 is 0. The van der Waals surface area contributed by atoms with E-state index in [-0.39, 0.29) is 0 Å². The molecule has 0 atom stereocenters. The molecule has 0 spiro atoms. The molecule has 1 saturated heterocycles. The standard InChI is InChI=1S/C18H28N2/c1-14-13-15(2)17(4)18(16(14)3)7-5-10-20-11-6-8-19-9-12-20/h5,7,13,19H,6,8-12H2,1-4H3/b7-5+. The van der Waals surface area contributed by atoms with E-state index in [4.69, 9.17) is 0 Å². The topological polar surface area (TPSA) is 15.3 Å². The minimum absolute atomic E-state index is 1.06. The van der Waals surface area contributed by atoms with Crippen LogP contribution in [0.4, 0.5) is 0 Å². The minimum Gasteiger partial charge on any atom is -0.315 e. The van der Waals surface area contributed by atoms with Gasteiger partial charge in [0.2, 0.25) is 0 Å². The van der Waals surface area contributed by atoms with E-state index < -0.39 is 0 Å². The van der Waals surface area contributed by atoms with E-state index in [0.29, 0.717) is 0 Å². The zero-order valence-corrected chi connectivity index (χ0v) is 13.4. The summed E-state index contributed by atoms with van der Waals surface area (Å²) in [6, 6.07) is 2.29. The summed E-state index contributed by atoms with van der Waals surface area (Å²) in [4.78, 5) is 2.53. The third-order valence-electron chi connectivity index (χ3n) is 4.50. The molecule has 2 heteroatoms. The SMILES string of the molecule is Cc1cc(C)c(C)c(/C=C/CN2CCCNCC2)c1C. The molecule has 0 unspecified atom stereocenters. The van der Waals surface area contributed by atoms with Crippen LogP contribution in [-0.2, 0) is 0 Å². The van der Waals surface area contributed by atoms with Crippen molar-refractivity contribution in [3.8, 4) is 0 Å². The molecule has 1 N–H and O–H groups in total. The van der Waals surface area contributed by atoms with Gasteiger partial charge in [0.25, 0.3) is 0 Å². The van der Waals surface area contributed by atoms with Crippen LogP contribution in [0.25, 0.3) is 6.08 Å². The van der Waals surface area contributed by atoms with Crippen LogP contribution in [0.2, 0.25) is 0 Å². The Hall–Kier alpha value is -1.12. The largest absolute Gasteiger partial charge is 0.315 e. The lowest BCUT2D eigenvalue weighted by Crippen LogP contribution is -2.28. The first-order chi connectivity index (χ1) is 9.59. The summed E-state index contributed by atoms with van der Waals surface area (Å²) in [6.45, 7) is 14.6. The summed E-state index contributed by atoms with van der Waals surface area (Å²) in [6.07, 6.45) is 5.91. The summed E-state index contributed by atoms with van der Waals surface area (Å²) in [5.41, 5.74) is 7.04. The zero-order valence-electron chi connectivity index (χ0n) is 13.4. The Kier molecular flexibility index (Phi) is 5.38. The molecular formula is C18H28N2. The Morgan fingerprint density at radius 2 is 1.75 bits per heavy atom. The molecular weight excluding hydrogens is 244 g/mol. The van der Waals surface area contributed by atoms with Gasteiger partial charge in [0.15, 0.2) is 0 Å². The van der Waals surface area contributed by atoms with Gasteiger partial charge in [0.05, 0.1) is 0 Å². The number of hydrogen-bond donors (Lipinski definition) is 1. The lowest BCUT2D eigenvalue weighted by Gasteiger charge is -2.17. The molecule has 0 aromatic heterocycles. The van der Waals surface area contributed by atoms with Crippen molar-refractivity contribution in [2.45, 2.75) is 34.1 Å². The first-order valence-electron chi connectivity index (χ1n) is 7.76. The molecule has 1 fully saturated rings. The summed E-state index contributed by atoms with van der Waals surface area (Å²) in [5.74, 6) is 0. The monoisotopic (exact) mass is 272 g/mol. The average molecular weight is 272 g/mol. The molecule has 0 amide bonds. The molecule has 0 aliphatic carbocycles. The molecule has 0 radical (unpaired) electrons. The molecule has 1 aliphatic rings. The van der Waals surface area contributed by atoms with Crippen LogP contribution in [-0.4, -0.2) is 37.6 Å². The van der Waals surface area contributed by atoms with Gasteiger partial charge in [0, 0.05) is 19.6 Å². The lowest BCUT2D eigenvalue weighted by molar-refractivity contribution is 0.324. The van der Waals surface area contributed by atoms with Crippen molar-refractivity contribution in [2.24, 2.45) is 0 Å². The maximum Gasteiger partial charge on any atom is 0.0167 e. The fourth-order valence-electron chi connectivity index (χ4n) is 2.90. The van der Waals surface area contributed by atoms with E-state index in [1.165, 1.54) is 40.8 Å². The van der Waals surface area contributed by atoms with E-state index in [1.807, 2.05) is 0 Å². The van der Waals surface area contributed by atoms with Crippen molar-refractivity contribution in [3.63, 3.8) is 0 Å². The Morgan fingerprint density at radius 3 is 2.45 bits per heavy atom. The molecule has 1 aliphatic heterocycles. The highest BCUT2D eigenvalue weighted by atomic mass is 15.1. The van der Waals surface area contributed by atoms with E-state index in [0.717, 1.165) is 26.2 Å². The van der Waals surface area contributed by atoms with Gasteiger partial charge >= 0.3 is 0 Å². The van der Waals surface area contributed by atoms with Crippen LogP contribution in [0.15, 0.2) is 12.1 Å². The quantitative estimate of drug-likeness (QED) is 0.909. The number of hydrogen-bond acceptors (Lipinski definition) is 2. The Balaban J connectivity index is 2.07. The van der Waals surface area contributed by atoms with Crippen LogP contribution in [0.1, 0.15) is 34.2 Å². The fraction of sp³-hybridized carbons (Fsp3) is 0.556. The van der Waals surface area contributed by atoms with Gasteiger partial charge in [-0.05, 0) is 75.0 Å². The number of nitrogens with zero attached hydrogens (tertiary/aromatic N) is 1. The number of rotatable bonds is 3. The number of nitrogens with one attached hydrogen (secondary N) is 1. The maximum absolute atomic E-state index is 3.45. The van der Waals surface area contributed by atoms with Crippen LogP contribution < -0.4 is 5.32 Å². The second-order valence-electron chi connectivity index (χ2n) is 5.98. The number of aryl methyl sites for hydroxylation is 2. The summed E-state index contributed by atoms with van der Waals surface area (Å²) in [7, 11) is 0. The van der Waals surface area contributed by atoms with Crippen molar-refractivity contribution in [2.75, 3.05) is 32.7 Å². The highest BCUT2D eigenvalue weighted by Crippen LogP contribution is 2.22. The first-order valence-corrected chi connectivity index (χ1v) is 7.76. The molecule has 1 heterocycles. The highest BCUT2D eigenvalue weighted by Gasteiger charge is 2.07. The first kappa shape index (κ1) is 15.3. The van der Waals surface area contributed by atoms with Crippen LogP contribution in [0.5, 0.6) is 0 Å². The smallest absolute Gasteiger partial charge is 0.0167 e. The molecule has 2 nitrogen and oxygen atoms in total. The van der Waals surface area contributed by atoms with E-state index in [2.05, 4.69) is 56.1 Å². The van der Waals surface area contributed by atoms with Gasteiger partial charge in [-0.1, -0.05) is 18.2 Å². The van der Waals surface area contributed by atoms with E-state index >= 15 is 0 Å². The average Bonchev–Trinajstić information content (AvgIpc) is 2.69. The van der Waals surface area contributed by atoms with Crippen LogP contribution >= 0.6 is 0 Å². The predicted octanol–water partition coefficient (Wildman–Crippen LogP) is 3.23. The van der Waals surface area contributed by atoms with E-state index in [1.54, 1.807) is 0 Å². The van der Waals surface area contributed by atoms with Crippen molar-refractivity contribution >= 4 is 6.08 Å². The minimum atomic E-state index is 1.06. The Morgan fingerprint density at radius 1 is 1.05 bits per heavy atom. The Labute approximate surface area is 123 Å². The predicted molar refractivity (Wildman–Crippen MR) is 88.4 cm³/mol. The molecule has 2 rings (SSSR count).